The van der Waals surface area contributed by atoms with Crippen molar-refractivity contribution in [3.63, 3.8) is 0 Å². The lowest BCUT2D eigenvalue weighted by Gasteiger charge is -2.10. The first kappa shape index (κ1) is 19.4. The highest BCUT2D eigenvalue weighted by Crippen LogP contribution is 2.33. The summed E-state index contributed by atoms with van der Waals surface area (Å²) in [5.41, 5.74) is 4.17. The molecule has 5 nitrogen and oxygen atoms in total. The van der Waals surface area contributed by atoms with E-state index in [1.165, 1.54) is 0 Å². The van der Waals surface area contributed by atoms with E-state index in [1.54, 1.807) is 42.7 Å². The monoisotopic (exact) mass is 424 g/mol. The van der Waals surface area contributed by atoms with Crippen molar-refractivity contribution < 1.29 is 13.2 Å². The Hall–Kier alpha value is -2.90. The highest BCUT2D eigenvalue weighted by molar-refractivity contribution is 7.92. The summed E-state index contributed by atoms with van der Waals surface area (Å²) in [4.78, 5) is 4.92. The van der Waals surface area contributed by atoms with Crippen molar-refractivity contribution in [2.75, 3.05) is 11.8 Å². The van der Waals surface area contributed by atoms with Gasteiger partial charge in [0.2, 0.25) is 0 Å². The van der Waals surface area contributed by atoms with Gasteiger partial charge in [0, 0.05) is 11.3 Å². The molecule has 1 aromatic heterocycles. The Balaban J connectivity index is 1.59. The van der Waals surface area contributed by atoms with E-state index in [9.17, 15) is 8.42 Å². The number of nitrogens with zero attached hydrogens (tertiary/aromatic N) is 1. The fourth-order valence-electron chi connectivity index (χ4n) is 3.14. The van der Waals surface area contributed by atoms with E-state index in [4.69, 9.17) is 4.74 Å². The van der Waals surface area contributed by atoms with Gasteiger partial charge >= 0.3 is 0 Å². The number of fused-ring (bicyclic) bond motifs is 1. The Kier molecular flexibility index (Phi) is 5.02. The van der Waals surface area contributed by atoms with Gasteiger partial charge in [-0.2, -0.15) is 0 Å². The van der Waals surface area contributed by atoms with Crippen LogP contribution in [0.1, 0.15) is 11.1 Å². The van der Waals surface area contributed by atoms with Crippen LogP contribution >= 0.6 is 11.3 Å². The van der Waals surface area contributed by atoms with Gasteiger partial charge in [-0.1, -0.05) is 6.07 Å². The van der Waals surface area contributed by atoms with Crippen LogP contribution in [0, 0.1) is 13.8 Å². The molecule has 0 atom stereocenters. The normalized spacial score (nSPS) is 11.6. The molecule has 29 heavy (non-hydrogen) atoms. The number of aromatic nitrogens is 1. The molecule has 148 valence electrons. The Labute approximate surface area is 174 Å². The summed E-state index contributed by atoms with van der Waals surface area (Å²) in [6.07, 6.45) is 0. The third kappa shape index (κ3) is 4.11. The minimum atomic E-state index is -3.64. The molecule has 1 N–H and O–H groups in total. The van der Waals surface area contributed by atoms with Crippen molar-refractivity contribution in [1.82, 2.24) is 4.98 Å². The van der Waals surface area contributed by atoms with Crippen LogP contribution in [0.4, 0.5) is 5.69 Å². The number of nitrogens with one attached hydrogen (secondary N) is 1. The van der Waals surface area contributed by atoms with Crippen LogP contribution in [0.5, 0.6) is 5.75 Å². The van der Waals surface area contributed by atoms with E-state index in [0.717, 1.165) is 37.7 Å². The second-order valence-electron chi connectivity index (χ2n) is 6.86. The third-order valence-corrected chi connectivity index (χ3v) is 6.91. The lowest BCUT2D eigenvalue weighted by Crippen LogP contribution is -2.13. The zero-order valence-electron chi connectivity index (χ0n) is 16.3. The molecule has 3 aromatic carbocycles. The topological polar surface area (TPSA) is 68.3 Å². The van der Waals surface area contributed by atoms with Crippen LogP contribution in [-0.2, 0) is 10.0 Å². The zero-order chi connectivity index (χ0) is 20.6. The van der Waals surface area contributed by atoms with Crippen LogP contribution in [0.15, 0.2) is 65.6 Å². The summed E-state index contributed by atoms with van der Waals surface area (Å²) in [5.74, 6) is 0.795. The lowest BCUT2D eigenvalue weighted by molar-refractivity contribution is 0.415. The van der Waals surface area contributed by atoms with Gasteiger partial charge < -0.3 is 4.74 Å². The smallest absolute Gasteiger partial charge is 0.261 e. The van der Waals surface area contributed by atoms with Gasteiger partial charge in [0.05, 0.1) is 22.2 Å². The van der Waals surface area contributed by atoms with Crippen LogP contribution in [-0.4, -0.2) is 20.5 Å². The third-order valence-electron chi connectivity index (χ3n) is 4.49. The maximum Gasteiger partial charge on any atom is 0.261 e. The molecule has 7 heteroatoms. The van der Waals surface area contributed by atoms with Crippen LogP contribution in [0.25, 0.3) is 20.8 Å². The molecule has 0 saturated carbocycles. The molecule has 0 spiro atoms. The maximum atomic E-state index is 12.7. The predicted octanol–water partition coefficient (Wildman–Crippen LogP) is 5.39. The molecule has 0 aliphatic carbocycles. The second-order valence-corrected chi connectivity index (χ2v) is 9.57. The van der Waals surface area contributed by atoms with Crippen molar-refractivity contribution in [2.24, 2.45) is 0 Å². The average Bonchev–Trinajstić information content (AvgIpc) is 3.10. The number of hydrogen-bond donors (Lipinski definition) is 1. The van der Waals surface area contributed by atoms with Crippen LogP contribution in [0.2, 0.25) is 0 Å². The van der Waals surface area contributed by atoms with E-state index in [-0.39, 0.29) is 4.90 Å². The number of benzene rings is 3. The zero-order valence-corrected chi connectivity index (χ0v) is 17.9. The van der Waals surface area contributed by atoms with E-state index < -0.39 is 10.0 Å². The second kappa shape index (κ2) is 7.50. The van der Waals surface area contributed by atoms with Crippen molar-refractivity contribution >= 4 is 37.3 Å². The number of ether oxygens (including phenoxy) is 1. The van der Waals surface area contributed by atoms with E-state index in [1.807, 2.05) is 50.2 Å². The quantitative estimate of drug-likeness (QED) is 0.466. The van der Waals surface area contributed by atoms with Gasteiger partial charge in [-0.25, -0.2) is 13.4 Å². The lowest BCUT2D eigenvalue weighted by atomic mass is 10.2. The summed E-state index contributed by atoms with van der Waals surface area (Å²) in [7, 11) is -2.00. The first-order valence-electron chi connectivity index (χ1n) is 9.00. The Morgan fingerprint density at radius 3 is 2.28 bits per heavy atom. The summed E-state index contributed by atoms with van der Waals surface area (Å²) in [6, 6.07) is 18.3. The number of sulfonamides is 1. The number of aryl methyl sites for hydroxylation is 2. The maximum absolute atomic E-state index is 12.7. The number of rotatable bonds is 5. The molecule has 0 saturated heterocycles. The predicted molar refractivity (Wildman–Crippen MR) is 118 cm³/mol. The standard InChI is InChI=1S/C22H20N2O3S2/c1-14-10-15(2)12-19(11-14)29(25,26)24-17-6-4-16(5-7-17)22-23-20-9-8-18(27-3)13-21(20)28-22/h4-13,24H,1-3H3. The van der Waals surface area contributed by atoms with Crippen molar-refractivity contribution in [3.8, 4) is 16.3 Å². The summed E-state index contributed by atoms with van der Waals surface area (Å²) in [6.45, 7) is 3.77. The molecular formula is C22H20N2O3S2. The first-order valence-corrected chi connectivity index (χ1v) is 11.3. The summed E-state index contributed by atoms with van der Waals surface area (Å²) >= 11 is 1.57. The molecule has 1 heterocycles. The molecular weight excluding hydrogens is 404 g/mol. The highest BCUT2D eigenvalue weighted by atomic mass is 32.2. The molecule has 0 bridgehead atoms. The number of anilines is 1. The highest BCUT2D eigenvalue weighted by Gasteiger charge is 2.15. The summed E-state index contributed by atoms with van der Waals surface area (Å²) < 4.78 is 34.4. The van der Waals surface area contributed by atoms with E-state index >= 15 is 0 Å². The van der Waals surface area contributed by atoms with Gasteiger partial charge in [-0.15, -0.1) is 11.3 Å². The van der Waals surface area contributed by atoms with Crippen molar-refractivity contribution in [1.29, 1.82) is 0 Å². The molecule has 4 aromatic rings. The van der Waals surface area contributed by atoms with Crippen molar-refractivity contribution in [2.45, 2.75) is 18.7 Å². The van der Waals surface area contributed by atoms with Gasteiger partial charge in [0.15, 0.2) is 0 Å². The van der Waals surface area contributed by atoms with E-state index in [0.29, 0.717) is 5.69 Å². The minimum Gasteiger partial charge on any atom is -0.497 e. The van der Waals surface area contributed by atoms with Gasteiger partial charge in [0.25, 0.3) is 10.0 Å². The average molecular weight is 425 g/mol. The molecule has 0 radical (unpaired) electrons. The van der Waals surface area contributed by atoms with E-state index in [2.05, 4.69) is 9.71 Å². The Bertz CT molecular complexity index is 1270. The van der Waals surface area contributed by atoms with Gasteiger partial charge in [0.1, 0.15) is 10.8 Å². The molecule has 0 amide bonds. The van der Waals surface area contributed by atoms with Gasteiger partial charge in [-0.3, -0.25) is 4.72 Å². The fourth-order valence-corrected chi connectivity index (χ4v) is 5.38. The Morgan fingerprint density at radius 1 is 0.931 bits per heavy atom. The van der Waals surface area contributed by atoms with Gasteiger partial charge in [-0.05, 0) is 79.6 Å². The molecule has 0 aliphatic rings. The molecule has 0 aliphatic heterocycles. The fraction of sp³-hybridized carbons (Fsp3) is 0.136. The molecule has 0 unspecified atom stereocenters. The number of thiazole rings is 1. The van der Waals surface area contributed by atoms with Crippen LogP contribution < -0.4 is 9.46 Å². The first-order chi connectivity index (χ1) is 13.8. The Morgan fingerprint density at radius 2 is 1.62 bits per heavy atom. The largest absolute Gasteiger partial charge is 0.497 e. The summed E-state index contributed by atoms with van der Waals surface area (Å²) in [5, 5.41) is 0.872. The number of methoxy groups -OCH3 is 1. The van der Waals surface area contributed by atoms with Crippen LogP contribution in [0.3, 0.4) is 0 Å². The molecule has 4 rings (SSSR count). The molecule has 0 fully saturated rings. The number of hydrogen-bond acceptors (Lipinski definition) is 5. The SMILES string of the molecule is COc1ccc2nc(-c3ccc(NS(=O)(=O)c4cc(C)cc(C)c4)cc3)sc2c1. The minimum absolute atomic E-state index is 0.263. The van der Waals surface area contributed by atoms with Crippen molar-refractivity contribution in [3.05, 3.63) is 71.8 Å².